The van der Waals surface area contributed by atoms with E-state index in [0.717, 1.165) is 11.6 Å². The Balaban J connectivity index is 2.05. The van der Waals surface area contributed by atoms with Crippen molar-refractivity contribution in [3.05, 3.63) is 76.2 Å². The highest BCUT2D eigenvalue weighted by Crippen LogP contribution is 2.31. The summed E-state index contributed by atoms with van der Waals surface area (Å²) in [4.78, 5) is 9.72. The molecule has 0 fully saturated rings. The van der Waals surface area contributed by atoms with Crippen LogP contribution < -0.4 is 0 Å². The lowest BCUT2D eigenvalue weighted by molar-refractivity contribution is -0.402. The van der Waals surface area contributed by atoms with E-state index in [0.29, 0.717) is 5.76 Å². The topological polar surface area (TPSA) is 104 Å². The number of alkyl halides is 1. The number of furan rings is 2. The fourth-order valence-electron chi connectivity index (χ4n) is 2.25. The van der Waals surface area contributed by atoms with Crippen LogP contribution in [0.1, 0.15) is 11.5 Å². The molecule has 134 valence electrons. The summed E-state index contributed by atoms with van der Waals surface area (Å²) in [6.45, 7) is 0. The Bertz CT molecular complexity index is 1070. The molecule has 0 saturated carbocycles. The van der Waals surface area contributed by atoms with Crippen LogP contribution in [0.3, 0.4) is 0 Å². The van der Waals surface area contributed by atoms with E-state index in [2.05, 4.69) is 0 Å². The lowest BCUT2D eigenvalue weighted by Crippen LogP contribution is -2.03. The van der Waals surface area contributed by atoms with Crippen molar-refractivity contribution in [2.45, 2.75) is 0 Å². The molecular weight excluding hydrogens is 382 g/mol. The van der Waals surface area contributed by atoms with E-state index in [1.807, 2.05) is 30.3 Å². The average Bonchev–Trinajstić information content (AvgIpc) is 3.30. The van der Waals surface area contributed by atoms with E-state index < -0.39 is 25.9 Å². The molecule has 0 unspecified atom stereocenters. The van der Waals surface area contributed by atoms with Crippen molar-refractivity contribution < 1.29 is 22.2 Å². The zero-order valence-electron chi connectivity index (χ0n) is 13.2. The Kier molecular flexibility index (Phi) is 4.97. The highest BCUT2D eigenvalue weighted by Gasteiger charge is 2.25. The van der Waals surface area contributed by atoms with Gasteiger partial charge in [0, 0.05) is 11.6 Å². The van der Waals surface area contributed by atoms with E-state index in [9.17, 15) is 18.5 Å². The molecule has 0 aliphatic heterocycles. The quantitative estimate of drug-likeness (QED) is 0.345. The molecule has 0 amide bonds. The first-order chi connectivity index (χ1) is 12.4. The molecule has 7 nitrogen and oxygen atoms in total. The van der Waals surface area contributed by atoms with Gasteiger partial charge < -0.3 is 8.83 Å². The van der Waals surface area contributed by atoms with Gasteiger partial charge in [0.2, 0.25) is 0 Å². The standard InChI is InChI=1S/C17H12ClNO6S/c18-11-26(22,23)16(15-8-9-17(25-15)19(20)21)10-13-6-7-14(24-13)12-4-2-1-3-5-12/h1-10H,11H2. The summed E-state index contributed by atoms with van der Waals surface area (Å²) < 4.78 is 35.2. The van der Waals surface area contributed by atoms with Crippen LogP contribution in [0, 0.1) is 10.1 Å². The molecule has 3 aromatic rings. The van der Waals surface area contributed by atoms with Gasteiger partial charge in [-0.15, -0.1) is 11.6 Å². The minimum Gasteiger partial charge on any atom is -0.457 e. The van der Waals surface area contributed by atoms with Gasteiger partial charge in [-0.1, -0.05) is 30.3 Å². The smallest absolute Gasteiger partial charge is 0.433 e. The first-order valence-corrected chi connectivity index (χ1v) is 9.49. The van der Waals surface area contributed by atoms with E-state index in [-0.39, 0.29) is 16.4 Å². The third-order valence-corrected chi connectivity index (χ3v) is 5.59. The molecule has 1 aromatic carbocycles. The lowest BCUT2D eigenvalue weighted by Gasteiger charge is -2.02. The Morgan fingerprint density at radius 1 is 1.08 bits per heavy atom. The van der Waals surface area contributed by atoms with Gasteiger partial charge in [0.1, 0.15) is 26.6 Å². The molecule has 2 aromatic heterocycles. The van der Waals surface area contributed by atoms with Crippen LogP contribution in [-0.2, 0) is 9.84 Å². The fourth-order valence-corrected chi connectivity index (χ4v) is 3.43. The average molecular weight is 394 g/mol. The van der Waals surface area contributed by atoms with Crippen LogP contribution in [0.15, 0.2) is 63.4 Å². The number of sulfone groups is 1. The summed E-state index contributed by atoms with van der Waals surface area (Å²) >= 11 is 5.54. The molecule has 0 aliphatic carbocycles. The van der Waals surface area contributed by atoms with Crippen LogP contribution in [0.25, 0.3) is 22.3 Å². The summed E-state index contributed by atoms with van der Waals surface area (Å²) in [5, 5.41) is 10.1. The van der Waals surface area contributed by atoms with Gasteiger partial charge in [-0.05, 0) is 18.2 Å². The summed E-state index contributed by atoms with van der Waals surface area (Å²) in [5.41, 5.74) is 0.822. The highest BCUT2D eigenvalue weighted by molar-refractivity contribution is 8.01. The van der Waals surface area contributed by atoms with Crippen molar-refractivity contribution in [2.75, 3.05) is 5.21 Å². The van der Waals surface area contributed by atoms with Gasteiger partial charge >= 0.3 is 5.88 Å². The van der Waals surface area contributed by atoms with E-state index >= 15 is 0 Å². The van der Waals surface area contributed by atoms with Crippen LogP contribution in [0.5, 0.6) is 0 Å². The Labute approximate surface area is 153 Å². The predicted octanol–water partition coefficient (Wildman–Crippen LogP) is 4.56. The third-order valence-electron chi connectivity index (χ3n) is 3.45. The zero-order chi connectivity index (χ0) is 18.7. The number of hydrogen-bond acceptors (Lipinski definition) is 6. The second kappa shape index (κ2) is 7.19. The van der Waals surface area contributed by atoms with Gasteiger partial charge in [0.25, 0.3) is 0 Å². The number of rotatable bonds is 6. The van der Waals surface area contributed by atoms with Crippen molar-refractivity contribution in [1.29, 1.82) is 0 Å². The highest BCUT2D eigenvalue weighted by atomic mass is 35.5. The molecule has 0 bridgehead atoms. The lowest BCUT2D eigenvalue weighted by atomic mass is 10.2. The van der Waals surface area contributed by atoms with E-state index in [1.54, 1.807) is 12.1 Å². The summed E-state index contributed by atoms with van der Waals surface area (Å²) in [6.07, 6.45) is 1.23. The maximum atomic E-state index is 12.3. The third kappa shape index (κ3) is 3.71. The molecule has 26 heavy (non-hydrogen) atoms. The molecule has 2 heterocycles. The Morgan fingerprint density at radius 3 is 2.42 bits per heavy atom. The molecule has 9 heteroatoms. The number of benzene rings is 1. The summed E-state index contributed by atoms with van der Waals surface area (Å²) in [7, 11) is -3.93. The molecule has 0 aliphatic rings. The number of hydrogen-bond donors (Lipinski definition) is 0. The Morgan fingerprint density at radius 2 is 1.81 bits per heavy atom. The SMILES string of the molecule is O=[N+]([O-])c1ccc(C(=Cc2ccc(-c3ccccc3)o2)S(=O)(=O)CCl)o1. The van der Waals surface area contributed by atoms with Crippen molar-refractivity contribution in [3.63, 3.8) is 0 Å². The molecule has 0 N–H and O–H groups in total. The van der Waals surface area contributed by atoms with Crippen molar-refractivity contribution in [1.82, 2.24) is 0 Å². The van der Waals surface area contributed by atoms with Gasteiger partial charge in [-0.3, -0.25) is 10.1 Å². The van der Waals surface area contributed by atoms with Crippen LogP contribution in [0.2, 0.25) is 0 Å². The maximum Gasteiger partial charge on any atom is 0.433 e. The zero-order valence-corrected chi connectivity index (χ0v) is 14.7. The number of nitro groups is 1. The van der Waals surface area contributed by atoms with Crippen molar-refractivity contribution in [2.24, 2.45) is 0 Å². The van der Waals surface area contributed by atoms with Gasteiger partial charge in [0.05, 0.1) is 6.07 Å². The minimum atomic E-state index is -3.93. The molecule has 0 atom stereocenters. The maximum absolute atomic E-state index is 12.3. The fraction of sp³-hybridized carbons (Fsp3) is 0.0588. The first-order valence-electron chi connectivity index (χ1n) is 7.31. The largest absolute Gasteiger partial charge is 0.457 e. The van der Waals surface area contributed by atoms with Crippen LogP contribution in [0.4, 0.5) is 5.88 Å². The molecule has 3 rings (SSSR count). The second-order valence-electron chi connectivity index (χ2n) is 5.20. The van der Waals surface area contributed by atoms with Crippen molar-refractivity contribution in [3.8, 4) is 11.3 Å². The van der Waals surface area contributed by atoms with Crippen LogP contribution >= 0.6 is 11.6 Å². The number of nitrogens with zero attached hydrogens (tertiary/aromatic N) is 1. The molecule has 0 saturated heterocycles. The number of halogens is 1. The van der Waals surface area contributed by atoms with Gasteiger partial charge in [0.15, 0.2) is 15.6 Å². The molecule has 0 radical (unpaired) electrons. The molecule has 0 spiro atoms. The van der Waals surface area contributed by atoms with Gasteiger partial charge in [-0.2, -0.15) is 0 Å². The second-order valence-corrected chi connectivity index (χ2v) is 7.74. The Hall–Kier alpha value is -2.84. The molecular formula is C17H12ClNO6S. The van der Waals surface area contributed by atoms with E-state index in [1.165, 1.54) is 12.1 Å². The van der Waals surface area contributed by atoms with Gasteiger partial charge in [-0.25, -0.2) is 8.42 Å². The normalized spacial score (nSPS) is 12.3. The monoisotopic (exact) mass is 393 g/mol. The summed E-state index contributed by atoms with van der Waals surface area (Å²) in [6, 6.07) is 14.8. The van der Waals surface area contributed by atoms with Crippen LogP contribution in [-0.4, -0.2) is 18.6 Å². The predicted molar refractivity (Wildman–Crippen MR) is 97.0 cm³/mol. The minimum absolute atomic E-state index is 0.185. The van der Waals surface area contributed by atoms with E-state index in [4.69, 9.17) is 20.4 Å². The van der Waals surface area contributed by atoms with Crippen molar-refractivity contribution >= 4 is 38.3 Å². The first kappa shape index (κ1) is 18.0. The summed E-state index contributed by atoms with van der Waals surface area (Å²) in [5.74, 6) is 0.0339.